The summed E-state index contributed by atoms with van der Waals surface area (Å²) in [6, 6.07) is 2.83. The first kappa shape index (κ1) is 17.7. The molecule has 21 heavy (non-hydrogen) atoms. The third-order valence-corrected chi connectivity index (χ3v) is 4.89. The molecule has 0 fully saturated rings. The lowest BCUT2D eigenvalue weighted by atomic mass is 10.0. The van der Waals surface area contributed by atoms with Crippen LogP contribution in [-0.4, -0.2) is 32.6 Å². The van der Waals surface area contributed by atoms with Crippen molar-refractivity contribution in [2.24, 2.45) is 5.92 Å². The summed E-state index contributed by atoms with van der Waals surface area (Å²) in [4.78, 5) is 11.1. The maximum atomic E-state index is 12.4. The third kappa shape index (κ3) is 4.33. The third-order valence-electron chi connectivity index (χ3n) is 3.18. The number of methoxy groups -OCH3 is 1. The number of halogens is 1. The predicted molar refractivity (Wildman–Crippen MR) is 79.2 cm³/mol. The van der Waals surface area contributed by atoms with E-state index in [-0.39, 0.29) is 16.6 Å². The largest absolute Gasteiger partial charge is 0.495 e. The van der Waals surface area contributed by atoms with Crippen LogP contribution in [-0.2, 0) is 14.8 Å². The van der Waals surface area contributed by atoms with Gasteiger partial charge in [0.05, 0.1) is 7.11 Å². The van der Waals surface area contributed by atoms with Crippen LogP contribution >= 0.6 is 11.6 Å². The second-order valence-corrected chi connectivity index (χ2v) is 6.74. The fraction of sp³-hybridized carbons (Fsp3) is 0.462. The summed E-state index contributed by atoms with van der Waals surface area (Å²) < 4.78 is 31.9. The highest BCUT2D eigenvalue weighted by atomic mass is 35.5. The number of nitrogens with one attached hydrogen (secondary N) is 1. The Balaban J connectivity index is 3.19. The summed E-state index contributed by atoms with van der Waals surface area (Å²) in [6.07, 6.45) is 0.525. The van der Waals surface area contributed by atoms with Gasteiger partial charge in [-0.3, -0.25) is 4.79 Å². The van der Waals surface area contributed by atoms with Gasteiger partial charge >= 0.3 is 5.97 Å². The highest BCUT2D eigenvalue weighted by Gasteiger charge is 2.30. The van der Waals surface area contributed by atoms with Gasteiger partial charge in [0.2, 0.25) is 10.0 Å². The SMILES string of the molecule is CC[C@H](C)[C@H](NS(=O)(=O)c1ccc(Cl)cc1OC)C(=O)O. The Kier molecular flexibility index (Phi) is 6.00. The number of benzene rings is 1. The fourth-order valence-electron chi connectivity index (χ4n) is 1.74. The van der Waals surface area contributed by atoms with E-state index in [4.69, 9.17) is 16.3 Å². The van der Waals surface area contributed by atoms with Crippen LogP contribution in [0.15, 0.2) is 23.1 Å². The topological polar surface area (TPSA) is 92.7 Å². The maximum Gasteiger partial charge on any atom is 0.322 e. The van der Waals surface area contributed by atoms with Gasteiger partial charge in [0.1, 0.15) is 16.7 Å². The molecule has 0 heterocycles. The van der Waals surface area contributed by atoms with Gasteiger partial charge in [-0.25, -0.2) is 8.42 Å². The zero-order chi connectivity index (χ0) is 16.2. The molecule has 0 amide bonds. The smallest absolute Gasteiger partial charge is 0.322 e. The molecule has 2 atom stereocenters. The van der Waals surface area contributed by atoms with E-state index in [0.717, 1.165) is 0 Å². The Labute approximate surface area is 129 Å². The highest BCUT2D eigenvalue weighted by molar-refractivity contribution is 7.89. The minimum atomic E-state index is -4.03. The summed E-state index contributed by atoms with van der Waals surface area (Å²) in [6.45, 7) is 3.46. The molecular formula is C13H18ClNO5S. The van der Waals surface area contributed by atoms with Gasteiger partial charge in [0, 0.05) is 11.1 Å². The van der Waals surface area contributed by atoms with E-state index in [0.29, 0.717) is 11.4 Å². The van der Waals surface area contributed by atoms with E-state index in [1.165, 1.54) is 25.3 Å². The van der Waals surface area contributed by atoms with E-state index in [1.54, 1.807) is 13.8 Å². The number of hydrogen-bond acceptors (Lipinski definition) is 4. The first-order valence-corrected chi connectivity index (χ1v) is 8.17. The maximum absolute atomic E-state index is 12.4. The van der Waals surface area contributed by atoms with E-state index >= 15 is 0 Å². The van der Waals surface area contributed by atoms with Crippen molar-refractivity contribution in [3.05, 3.63) is 23.2 Å². The van der Waals surface area contributed by atoms with Crippen LogP contribution in [0.1, 0.15) is 20.3 Å². The van der Waals surface area contributed by atoms with Gasteiger partial charge in [-0.2, -0.15) is 4.72 Å². The van der Waals surface area contributed by atoms with Crippen LogP contribution in [0, 0.1) is 5.92 Å². The summed E-state index contributed by atoms with van der Waals surface area (Å²) in [5.74, 6) is -1.51. The molecule has 1 aromatic carbocycles. The summed E-state index contributed by atoms with van der Waals surface area (Å²) in [5, 5.41) is 9.50. The minimum Gasteiger partial charge on any atom is -0.495 e. The van der Waals surface area contributed by atoms with Gasteiger partial charge in [-0.1, -0.05) is 31.9 Å². The lowest BCUT2D eigenvalue weighted by Gasteiger charge is -2.20. The van der Waals surface area contributed by atoms with Gasteiger partial charge in [0.15, 0.2) is 0 Å². The molecule has 0 aromatic heterocycles. The molecule has 8 heteroatoms. The van der Waals surface area contributed by atoms with E-state index in [9.17, 15) is 18.3 Å². The van der Waals surface area contributed by atoms with Crippen molar-refractivity contribution in [3.63, 3.8) is 0 Å². The van der Waals surface area contributed by atoms with Gasteiger partial charge < -0.3 is 9.84 Å². The van der Waals surface area contributed by atoms with Gasteiger partial charge in [0.25, 0.3) is 0 Å². The molecule has 0 bridgehead atoms. The molecule has 118 valence electrons. The summed E-state index contributed by atoms with van der Waals surface area (Å²) in [5.41, 5.74) is 0. The van der Waals surface area contributed by atoms with Crippen molar-refractivity contribution >= 4 is 27.6 Å². The van der Waals surface area contributed by atoms with E-state index < -0.39 is 22.0 Å². The van der Waals surface area contributed by atoms with Crippen LogP contribution in [0.3, 0.4) is 0 Å². The van der Waals surface area contributed by atoms with Crippen LogP contribution in [0.2, 0.25) is 5.02 Å². The first-order valence-electron chi connectivity index (χ1n) is 6.31. The summed E-state index contributed by atoms with van der Waals surface area (Å²) >= 11 is 5.79. The lowest BCUT2D eigenvalue weighted by molar-refractivity contribution is -0.140. The number of hydrogen-bond donors (Lipinski definition) is 2. The summed E-state index contributed by atoms with van der Waals surface area (Å²) in [7, 11) is -2.72. The lowest BCUT2D eigenvalue weighted by Crippen LogP contribution is -2.44. The number of carboxylic acid groups (broad SMARTS) is 1. The average Bonchev–Trinajstić information content (AvgIpc) is 2.43. The Bertz CT molecular complexity index is 617. The Hall–Kier alpha value is -1.31. The van der Waals surface area contributed by atoms with Crippen molar-refractivity contribution in [2.45, 2.75) is 31.2 Å². The number of sulfonamides is 1. The molecule has 1 rings (SSSR count). The van der Waals surface area contributed by atoms with Crippen molar-refractivity contribution in [1.82, 2.24) is 4.72 Å². The number of carboxylic acids is 1. The van der Waals surface area contributed by atoms with Crippen molar-refractivity contribution in [1.29, 1.82) is 0 Å². The van der Waals surface area contributed by atoms with Crippen LogP contribution in [0.4, 0.5) is 0 Å². The highest BCUT2D eigenvalue weighted by Crippen LogP contribution is 2.27. The monoisotopic (exact) mass is 335 g/mol. The zero-order valence-electron chi connectivity index (χ0n) is 12.0. The molecule has 2 N–H and O–H groups in total. The van der Waals surface area contributed by atoms with Crippen LogP contribution in [0.5, 0.6) is 5.75 Å². The Morgan fingerprint density at radius 3 is 2.57 bits per heavy atom. The first-order chi connectivity index (χ1) is 9.72. The predicted octanol–water partition coefficient (Wildman–Crippen LogP) is 2.13. The average molecular weight is 336 g/mol. The normalized spacial score (nSPS) is 14.5. The number of aliphatic carboxylic acids is 1. The van der Waals surface area contributed by atoms with Crippen molar-refractivity contribution in [3.8, 4) is 5.75 Å². The molecule has 6 nitrogen and oxygen atoms in total. The number of ether oxygens (including phenoxy) is 1. The Morgan fingerprint density at radius 2 is 2.10 bits per heavy atom. The molecule has 0 aliphatic carbocycles. The molecular weight excluding hydrogens is 318 g/mol. The second kappa shape index (κ2) is 7.11. The zero-order valence-corrected chi connectivity index (χ0v) is 13.5. The number of carbonyl (C=O) groups is 1. The fourth-order valence-corrected chi connectivity index (χ4v) is 3.35. The van der Waals surface area contributed by atoms with Crippen molar-refractivity contribution in [2.75, 3.05) is 7.11 Å². The number of rotatable bonds is 7. The quantitative estimate of drug-likeness (QED) is 0.796. The Morgan fingerprint density at radius 1 is 1.48 bits per heavy atom. The molecule has 0 spiro atoms. The van der Waals surface area contributed by atoms with E-state index in [1.807, 2.05) is 0 Å². The molecule has 1 aromatic rings. The van der Waals surface area contributed by atoms with Crippen LogP contribution in [0.25, 0.3) is 0 Å². The minimum absolute atomic E-state index is 0.0586. The standard InChI is InChI=1S/C13H18ClNO5S/c1-4-8(2)12(13(16)17)15-21(18,19)11-6-5-9(14)7-10(11)20-3/h5-8,12,15H,4H2,1-3H3,(H,16,17)/t8-,12-/m0/s1. The molecule has 0 saturated heterocycles. The van der Waals surface area contributed by atoms with Gasteiger partial charge in [-0.15, -0.1) is 0 Å². The van der Waals surface area contributed by atoms with Crippen molar-refractivity contribution < 1.29 is 23.1 Å². The van der Waals surface area contributed by atoms with Crippen LogP contribution < -0.4 is 9.46 Å². The molecule has 0 aliphatic rings. The second-order valence-electron chi connectivity index (χ2n) is 4.62. The molecule has 0 radical (unpaired) electrons. The van der Waals surface area contributed by atoms with E-state index in [2.05, 4.69) is 4.72 Å². The molecule has 0 aliphatic heterocycles. The molecule has 0 saturated carbocycles. The molecule has 0 unspecified atom stereocenters. The van der Waals surface area contributed by atoms with Gasteiger partial charge in [-0.05, 0) is 18.1 Å².